The van der Waals surface area contributed by atoms with Crippen molar-refractivity contribution in [3.63, 3.8) is 0 Å². The molecule has 0 aliphatic heterocycles. The van der Waals surface area contributed by atoms with E-state index in [9.17, 15) is 10.2 Å². The smallest absolute Gasteiger partial charge is 0.0576 e. The predicted octanol–water partition coefficient (Wildman–Crippen LogP) is 2.58. The summed E-state index contributed by atoms with van der Waals surface area (Å²) in [6.45, 7) is 4.85. The average Bonchev–Trinajstić information content (AvgIpc) is 2.24. The van der Waals surface area contributed by atoms with E-state index >= 15 is 0 Å². The highest BCUT2D eigenvalue weighted by atomic mass is 16.3. The molecule has 16 heavy (non-hydrogen) atoms. The summed E-state index contributed by atoms with van der Waals surface area (Å²) < 4.78 is 0. The van der Waals surface area contributed by atoms with Crippen LogP contribution in [0, 0.1) is 23.2 Å². The molecule has 0 aromatic rings. The van der Waals surface area contributed by atoms with Crippen molar-refractivity contribution in [3.8, 4) is 0 Å². The van der Waals surface area contributed by atoms with Gasteiger partial charge in [0.15, 0.2) is 0 Å². The first-order valence-corrected chi connectivity index (χ1v) is 6.88. The highest BCUT2D eigenvalue weighted by Crippen LogP contribution is 2.54. The molecule has 2 aliphatic rings. The van der Waals surface area contributed by atoms with Crippen LogP contribution in [0.15, 0.2) is 0 Å². The fourth-order valence-electron chi connectivity index (χ4n) is 4.34. The van der Waals surface area contributed by atoms with Gasteiger partial charge in [0.05, 0.1) is 6.10 Å². The summed E-state index contributed by atoms with van der Waals surface area (Å²) in [6.07, 6.45) is 6.72. The van der Waals surface area contributed by atoms with Crippen LogP contribution in [0.2, 0.25) is 0 Å². The zero-order valence-electron chi connectivity index (χ0n) is 10.7. The molecule has 2 nitrogen and oxygen atoms in total. The topological polar surface area (TPSA) is 40.5 Å². The van der Waals surface area contributed by atoms with Crippen LogP contribution in [0.4, 0.5) is 0 Å². The van der Waals surface area contributed by atoms with Gasteiger partial charge in [-0.1, -0.05) is 20.3 Å². The van der Waals surface area contributed by atoms with Gasteiger partial charge >= 0.3 is 0 Å². The second-order valence-electron chi connectivity index (χ2n) is 6.24. The summed E-state index contributed by atoms with van der Waals surface area (Å²) in [6, 6.07) is 0. The summed E-state index contributed by atoms with van der Waals surface area (Å²) in [7, 11) is 0. The summed E-state index contributed by atoms with van der Waals surface area (Å²) >= 11 is 0. The molecular weight excluding hydrogens is 200 g/mol. The van der Waals surface area contributed by atoms with E-state index in [0.29, 0.717) is 17.8 Å². The molecule has 0 amide bonds. The SMILES string of the molecule is C[C@H]1CC[C@H]2CCC[C@@H](O)[C@@H]2[C@]1(C)CCO. The fourth-order valence-corrected chi connectivity index (χ4v) is 4.34. The normalized spacial score (nSPS) is 48.8. The quantitative estimate of drug-likeness (QED) is 0.760. The third kappa shape index (κ3) is 1.91. The second-order valence-corrected chi connectivity index (χ2v) is 6.24. The van der Waals surface area contributed by atoms with E-state index in [1.165, 1.54) is 25.7 Å². The van der Waals surface area contributed by atoms with Crippen LogP contribution in [0.1, 0.15) is 52.4 Å². The monoisotopic (exact) mass is 226 g/mol. The molecule has 2 aliphatic carbocycles. The van der Waals surface area contributed by atoms with Gasteiger partial charge in [-0.2, -0.15) is 0 Å². The summed E-state index contributed by atoms with van der Waals surface area (Å²) in [5, 5.41) is 19.6. The Bertz CT molecular complexity index is 241. The molecule has 0 aromatic carbocycles. The lowest BCUT2D eigenvalue weighted by atomic mass is 9.52. The number of rotatable bonds is 2. The maximum atomic E-state index is 10.3. The van der Waals surface area contributed by atoms with Gasteiger partial charge in [-0.15, -0.1) is 0 Å². The first-order chi connectivity index (χ1) is 7.59. The second kappa shape index (κ2) is 4.66. The van der Waals surface area contributed by atoms with Crippen LogP contribution < -0.4 is 0 Å². The van der Waals surface area contributed by atoms with E-state index in [0.717, 1.165) is 12.8 Å². The first-order valence-electron chi connectivity index (χ1n) is 6.88. The van der Waals surface area contributed by atoms with Crippen molar-refractivity contribution in [1.82, 2.24) is 0 Å². The minimum absolute atomic E-state index is 0.127. The molecule has 2 heteroatoms. The summed E-state index contributed by atoms with van der Waals surface area (Å²) in [4.78, 5) is 0. The maximum Gasteiger partial charge on any atom is 0.0576 e. The van der Waals surface area contributed by atoms with Crippen molar-refractivity contribution in [3.05, 3.63) is 0 Å². The molecular formula is C14H26O2. The summed E-state index contributed by atoms with van der Waals surface area (Å²) in [5.41, 5.74) is 0.150. The Morgan fingerprint density at radius 3 is 2.62 bits per heavy atom. The van der Waals surface area contributed by atoms with Gasteiger partial charge in [0, 0.05) is 6.61 Å². The molecule has 0 heterocycles. The zero-order chi connectivity index (χ0) is 11.8. The molecule has 0 unspecified atom stereocenters. The van der Waals surface area contributed by atoms with Gasteiger partial charge in [0.25, 0.3) is 0 Å². The van der Waals surface area contributed by atoms with Gasteiger partial charge in [0.1, 0.15) is 0 Å². The lowest BCUT2D eigenvalue weighted by Gasteiger charge is -2.54. The van der Waals surface area contributed by atoms with Crippen LogP contribution >= 0.6 is 0 Å². The number of aliphatic hydroxyl groups is 2. The molecule has 94 valence electrons. The molecule has 2 fully saturated rings. The number of hydrogen-bond acceptors (Lipinski definition) is 2. The van der Waals surface area contributed by atoms with E-state index in [1.807, 2.05) is 0 Å². The van der Waals surface area contributed by atoms with Gasteiger partial charge in [-0.05, 0) is 55.3 Å². The zero-order valence-corrected chi connectivity index (χ0v) is 10.7. The Morgan fingerprint density at radius 1 is 1.19 bits per heavy atom. The van der Waals surface area contributed by atoms with Gasteiger partial charge in [-0.25, -0.2) is 0 Å². The van der Waals surface area contributed by atoms with E-state index in [2.05, 4.69) is 13.8 Å². The van der Waals surface area contributed by atoms with Crippen LogP contribution in [0.25, 0.3) is 0 Å². The number of fused-ring (bicyclic) bond motifs is 1. The van der Waals surface area contributed by atoms with Crippen LogP contribution in [-0.2, 0) is 0 Å². The van der Waals surface area contributed by atoms with Gasteiger partial charge in [0.2, 0.25) is 0 Å². The van der Waals surface area contributed by atoms with Crippen molar-refractivity contribution in [2.24, 2.45) is 23.2 Å². The van der Waals surface area contributed by atoms with Crippen molar-refractivity contribution >= 4 is 0 Å². The molecule has 0 spiro atoms. The maximum absolute atomic E-state index is 10.3. The Labute approximate surface area is 99.1 Å². The van der Waals surface area contributed by atoms with Gasteiger partial charge in [-0.3, -0.25) is 0 Å². The van der Waals surface area contributed by atoms with Crippen molar-refractivity contribution in [2.45, 2.75) is 58.5 Å². The predicted molar refractivity (Wildman–Crippen MR) is 65.0 cm³/mol. The first kappa shape index (κ1) is 12.4. The Balaban J connectivity index is 2.23. The largest absolute Gasteiger partial charge is 0.396 e. The van der Waals surface area contributed by atoms with E-state index in [1.54, 1.807) is 0 Å². The molecule has 2 saturated carbocycles. The Hall–Kier alpha value is -0.0800. The molecule has 0 bridgehead atoms. The van der Waals surface area contributed by atoms with E-state index in [-0.39, 0.29) is 18.1 Å². The van der Waals surface area contributed by atoms with Crippen molar-refractivity contribution in [1.29, 1.82) is 0 Å². The lowest BCUT2D eigenvalue weighted by molar-refractivity contribution is -0.103. The molecule has 0 aromatic heterocycles. The van der Waals surface area contributed by atoms with Crippen molar-refractivity contribution < 1.29 is 10.2 Å². The third-order valence-electron chi connectivity index (χ3n) is 5.51. The third-order valence-corrected chi connectivity index (χ3v) is 5.51. The van der Waals surface area contributed by atoms with E-state index < -0.39 is 0 Å². The summed E-state index contributed by atoms with van der Waals surface area (Å²) in [5.74, 6) is 1.77. The average molecular weight is 226 g/mol. The minimum Gasteiger partial charge on any atom is -0.396 e. The van der Waals surface area contributed by atoms with Crippen LogP contribution in [0.5, 0.6) is 0 Å². The molecule has 0 saturated heterocycles. The molecule has 2 rings (SSSR count). The van der Waals surface area contributed by atoms with Crippen molar-refractivity contribution in [2.75, 3.05) is 6.61 Å². The standard InChI is InChI=1S/C14H26O2/c1-10-6-7-11-4-3-5-12(16)13(11)14(10,2)8-9-15/h10-13,15-16H,3-9H2,1-2H3/t10-,11+,12+,13+,14+/m0/s1. The van der Waals surface area contributed by atoms with Crippen LogP contribution in [0.3, 0.4) is 0 Å². The Kier molecular flexibility index (Phi) is 3.60. The highest BCUT2D eigenvalue weighted by molar-refractivity contribution is 4.99. The number of aliphatic hydroxyl groups excluding tert-OH is 2. The van der Waals surface area contributed by atoms with Gasteiger partial charge < -0.3 is 10.2 Å². The van der Waals surface area contributed by atoms with E-state index in [4.69, 9.17) is 0 Å². The minimum atomic E-state index is -0.127. The number of hydrogen-bond donors (Lipinski definition) is 2. The van der Waals surface area contributed by atoms with Crippen LogP contribution in [-0.4, -0.2) is 22.9 Å². The molecule has 0 radical (unpaired) electrons. The molecule has 2 N–H and O–H groups in total. The lowest BCUT2D eigenvalue weighted by Crippen LogP contribution is -2.50. The highest BCUT2D eigenvalue weighted by Gasteiger charge is 2.49. The Morgan fingerprint density at radius 2 is 1.94 bits per heavy atom. The molecule has 5 atom stereocenters. The fraction of sp³-hybridized carbons (Fsp3) is 1.00.